The Bertz CT molecular complexity index is 552. The molecule has 1 aromatic heterocycles. The molecule has 3 nitrogen and oxygen atoms in total. The second kappa shape index (κ2) is 5.22. The van der Waals surface area contributed by atoms with Crippen LogP contribution in [0, 0.1) is 0 Å². The molecule has 0 bridgehead atoms. The predicted octanol–water partition coefficient (Wildman–Crippen LogP) is 2.72. The molecule has 0 atom stereocenters. The van der Waals surface area contributed by atoms with Crippen molar-refractivity contribution in [2.75, 3.05) is 26.3 Å². The van der Waals surface area contributed by atoms with Crippen molar-refractivity contribution in [1.82, 2.24) is 9.88 Å². The fraction of sp³-hybridized carbons (Fsp3) is 0.357. The summed E-state index contributed by atoms with van der Waals surface area (Å²) in [5.41, 5.74) is 2.21. The van der Waals surface area contributed by atoms with Crippen LogP contribution >= 0.6 is 11.6 Å². The standard InChI is InChI=1S/C14H15ClN2O/c15-14-9-11(10-17-5-7-18-8-6-17)12-3-1-2-4-13(12)16-14/h1-4,9H,5-8,10H2. The second-order valence-electron chi connectivity index (χ2n) is 4.51. The number of pyridine rings is 1. The van der Waals surface area contributed by atoms with E-state index in [1.165, 1.54) is 10.9 Å². The minimum Gasteiger partial charge on any atom is -0.379 e. The van der Waals surface area contributed by atoms with Crippen LogP contribution in [0.4, 0.5) is 0 Å². The molecule has 0 N–H and O–H groups in total. The van der Waals surface area contributed by atoms with E-state index in [9.17, 15) is 0 Å². The number of hydrogen-bond acceptors (Lipinski definition) is 3. The van der Waals surface area contributed by atoms with Gasteiger partial charge in [-0.15, -0.1) is 0 Å². The van der Waals surface area contributed by atoms with Crippen molar-refractivity contribution in [3.63, 3.8) is 0 Å². The van der Waals surface area contributed by atoms with E-state index in [4.69, 9.17) is 16.3 Å². The SMILES string of the molecule is Clc1cc(CN2CCOCC2)c2ccccc2n1. The molecule has 0 aliphatic carbocycles. The zero-order valence-electron chi connectivity index (χ0n) is 10.1. The topological polar surface area (TPSA) is 25.4 Å². The van der Waals surface area contributed by atoms with Gasteiger partial charge < -0.3 is 4.74 Å². The lowest BCUT2D eigenvalue weighted by atomic mass is 10.1. The minimum absolute atomic E-state index is 0.567. The third-order valence-corrected chi connectivity index (χ3v) is 3.46. The van der Waals surface area contributed by atoms with Gasteiger partial charge in [-0.05, 0) is 17.7 Å². The molecular weight excluding hydrogens is 248 g/mol. The molecule has 1 saturated heterocycles. The molecule has 3 rings (SSSR count). The summed E-state index contributed by atoms with van der Waals surface area (Å²) < 4.78 is 5.37. The molecule has 94 valence electrons. The summed E-state index contributed by atoms with van der Waals surface area (Å²) in [6.07, 6.45) is 0. The first-order valence-corrected chi connectivity index (χ1v) is 6.55. The van der Waals surface area contributed by atoms with Gasteiger partial charge in [0, 0.05) is 25.0 Å². The first-order valence-electron chi connectivity index (χ1n) is 6.17. The second-order valence-corrected chi connectivity index (χ2v) is 4.90. The lowest BCUT2D eigenvalue weighted by Gasteiger charge is -2.27. The largest absolute Gasteiger partial charge is 0.379 e. The molecule has 0 spiro atoms. The van der Waals surface area contributed by atoms with Crippen molar-refractivity contribution >= 4 is 22.5 Å². The zero-order valence-corrected chi connectivity index (χ0v) is 10.9. The smallest absolute Gasteiger partial charge is 0.130 e. The predicted molar refractivity (Wildman–Crippen MR) is 72.8 cm³/mol. The van der Waals surface area contributed by atoms with Gasteiger partial charge >= 0.3 is 0 Å². The van der Waals surface area contributed by atoms with Gasteiger partial charge in [0.15, 0.2) is 0 Å². The van der Waals surface area contributed by atoms with Crippen LogP contribution in [0.5, 0.6) is 0 Å². The number of para-hydroxylation sites is 1. The Labute approximate surface area is 111 Å². The fourth-order valence-electron chi connectivity index (χ4n) is 2.34. The van der Waals surface area contributed by atoms with Gasteiger partial charge in [-0.25, -0.2) is 4.98 Å². The highest BCUT2D eigenvalue weighted by molar-refractivity contribution is 6.29. The first-order chi connectivity index (χ1) is 8.83. The summed E-state index contributed by atoms with van der Waals surface area (Å²) in [7, 11) is 0. The molecule has 2 heterocycles. The summed E-state index contributed by atoms with van der Waals surface area (Å²) in [5, 5.41) is 1.75. The fourth-order valence-corrected chi connectivity index (χ4v) is 2.57. The highest BCUT2D eigenvalue weighted by Crippen LogP contribution is 2.22. The van der Waals surface area contributed by atoms with E-state index in [-0.39, 0.29) is 0 Å². The van der Waals surface area contributed by atoms with Crippen molar-refractivity contribution in [3.05, 3.63) is 41.0 Å². The van der Waals surface area contributed by atoms with Crippen LogP contribution < -0.4 is 0 Å². The molecule has 1 fully saturated rings. The van der Waals surface area contributed by atoms with Gasteiger partial charge in [0.05, 0.1) is 18.7 Å². The third kappa shape index (κ3) is 2.48. The van der Waals surface area contributed by atoms with Crippen LogP contribution in [0.2, 0.25) is 5.15 Å². The number of hydrogen-bond donors (Lipinski definition) is 0. The van der Waals surface area contributed by atoms with E-state index in [1.807, 2.05) is 24.3 Å². The Kier molecular flexibility index (Phi) is 3.46. The van der Waals surface area contributed by atoms with Crippen LogP contribution in [-0.2, 0) is 11.3 Å². The van der Waals surface area contributed by atoms with Crippen LogP contribution in [0.3, 0.4) is 0 Å². The maximum Gasteiger partial charge on any atom is 0.130 e. The molecule has 4 heteroatoms. The van der Waals surface area contributed by atoms with Crippen molar-refractivity contribution in [2.45, 2.75) is 6.54 Å². The van der Waals surface area contributed by atoms with Gasteiger partial charge in [0.25, 0.3) is 0 Å². The molecule has 0 amide bonds. The van der Waals surface area contributed by atoms with E-state index >= 15 is 0 Å². The molecule has 0 radical (unpaired) electrons. The van der Waals surface area contributed by atoms with E-state index in [1.54, 1.807) is 0 Å². The molecular formula is C14H15ClN2O. The third-order valence-electron chi connectivity index (χ3n) is 3.27. The highest BCUT2D eigenvalue weighted by Gasteiger charge is 2.13. The normalized spacial score (nSPS) is 17.2. The monoisotopic (exact) mass is 262 g/mol. The Hall–Kier alpha value is -1.16. The quantitative estimate of drug-likeness (QED) is 0.778. The number of benzene rings is 1. The minimum atomic E-state index is 0.567. The van der Waals surface area contributed by atoms with Crippen molar-refractivity contribution < 1.29 is 4.74 Å². The van der Waals surface area contributed by atoms with E-state index in [0.29, 0.717) is 5.15 Å². The number of aromatic nitrogens is 1. The number of fused-ring (bicyclic) bond motifs is 1. The Morgan fingerprint density at radius 2 is 2.00 bits per heavy atom. The van der Waals surface area contributed by atoms with Crippen LogP contribution in [0.15, 0.2) is 30.3 Å². The zero-order chi connectivity index (χ0) is 12.4. The van der Waals surface area contributed by atoms with Gasteiger partial charge in [-0.3, -0.25) is 4.90 Å². The Morgan fingerprint density at radius 3 is 2.83 bits per heavy atom. The average molecular weight is 263 g/mol. The number of ether oxygens (including phenoxy) is 1. The van der Waals surface area contributed by atoms with Crippen LogP contribution in [-0.4, -0.2) is 36.2 Å². The number of nitrogens with zero attached hydrogens (tertiary/aromatic N) is 2. The maximum atomic E-state index is 6.09. The molecule has 1 aliphatic rings. The van der Waals surface area contributed by atoms with Gasteiger partial charge in [0.2, 0.25) is 0 Å². The van der Waals surface area contributed by atoms with Gasteiger partial charge in [0.1, 0.15) is 5.15 Å². The van der Waals surface area contributed by atoms with Crippen LogP contribution in [0.25, 0.3) is 10.9 Å². The van der Waals surface area contributed by atoms with Crippen molar-refractivity contribution in [2.24, 2.45) is 0 Å². The van der Waals surface area contributed by atoms with E-state index < -0.39 is 0 Å². The van der Waals surface area contributed by atoms with Crippen LogP contribution in [0.1, 0.15) is 5.56 Å². The van der Waals surface area contributed by atoms with Gasteiger partial charge in [-0.2, -0.15) is 0 Å². The lowest BCUT2D eigenvalue weighted by Crippen LogP contribution is -2.35. The lowest BCUT2D eigenvalue weighted by molar-refractivity contribution is 0.0343. The first kappa shape index (κ1) is 11.9. The van der Waals surface area contributed by atoms with E-state index in [2.05, 4.69) is 16.0 Å². The highest BCUT2D eigenvalue weighted by atomic mass is 35.5. The number of halogens is 1. The number of rotatable bonds is 2. The average Bonchev–Trinajstić information content (AvgIpc) is 2.40. The molecule has 1 aromatic carbocycles. The summed E-state index contributed by atoms with van der Waals surface area (Å²) >= 11 is 6.09. The molecule has 2 aromatic rings. The summed E-state index contributed by atoms with van der Waals surface area (Å²) in [4.78, 5) is 6.74. The molecule has 18 heavy (non-hydrogen) atoms. The number of morpholine rings is 1. The molecule has 0 saturated carbocycles. The summed E-state index contributed by atoms with van der Waals surface area (Å²) in [5.74, 6) is 0. The van der Waals surface area contributed by atoms with Gasteiger partial charge in [-0.1, -0.05) is 29.8 Å². The Morgan fingerprint density at radius 1 is 1.22 bits per heavy atom. The summed E-state index contributed by atoms with van der Waals surface area (Å²) in [6.45, 7) is 4.50. The molecule has 0 unspecified atom stereocenters. The maximum absolute atomic E-state index is 6.09. The van der Waals surface area contributed by atoms with E-state index in [0.717, 1.165) is 38.4 Å². The van der Waals surface area contributed by atoms with Crippen molar-refractivity contribution in [1.29, 1.82) is 0 Å². The Balaban J connectivity index is 1.94. The van der Waals surface area contributed by atoms with Crippen molar-refractivity contribution in [3.8, 4) is 0 Å². The summed E-state index contributed by atoms with van der Waals surface area (Å²) in [6, 6.07) is 10.1. The molecule has 1 aliphatic heterocycles.